The van der Waals surface area contributed by atoms with Crippen LogP contribution < -0.4 is 5.32 Å². The zero-order chi connectivity index (χ0) is 15.1. The number of esters is 1. The second-order valence-electron chi connectivity index (χ2n) is 4.70. The zero-order valence-corrected chi connectivity index (χ0v) is 11.8. The van der Waals surface area contributed by atoms with Crippen LogP contribution in [0, 0.1) is 0 Å². The molecule has 1 atom stereocenters. The van der Waals surface area contributed by atoms with Crippen LogP contribution in [0.5, 0.6) is 0 Å². The van der Waals surface area contributed by atoms with Crippen LogP contribution in [0.15, 0.2) is 60.7 Å². The Balaban J connectivity index is 1.83. The van der Waals surface area contributed by atoms with Crippen molar-refractivity contribution < 1.29 is 14.3 Å². The maximum atomic E-state index is 11.8. The van der Waals surface area contributed by atoms with Crippen LogP contribution in [0.2, 0.25) is 0 Å². The molecule has 0 aromatic heterocycles. The Labute approximate surface area is 123 Å². The molecule has 0 heterocycles. The number of hydrogen-bond acceptors (Lipinski definition) is 3. The topological polar surface area (TPSA) is 55.4 Å². The van der Waals surface area contributed by atoms with Gasteiger partial charge in [0.1, 0.15) is 6.10 Å². The van der Waals surface area contributed by atoms with Crippen molar-refractivity contribution in [2.75, 3.05) is 5.32 Å². The maximum absolute atomic E-state index is 11.8. The predicted molar refractivity (Wildman–Crippen MR) is 81.0 cm³/mol. The van der Waals surface area contributed by atoms with E-state index in [2.05, 4.69) is 5.32 Å². The third-order valence-electron chi connectivity index (χ3n) is 2.85. The van der Waals surface area contributed by atoms with Gasteiger partial charge in [0.15, 0.2) is 0 Å². The third-order valence-corrected chi connectivity index (χ3v) is 2.85. The van der Waals surface area contributed by atoms with E-state index in [-0.39, 0.29) is 12.3 Å². The minimum absolute atomic E-state index is 0.119. The molecule has 0 aliphatic heterocycles. The molecule has 0 aliphatic rings. The smallest absolute Gasteiger partial charge is 0.338 e. The van der Waals surface area contributed by atoms with Crippen molar-refractivity contribution in [1.82, 2.24) is 0 Å². The number of nitrogens with one attached hydrogen (secondary N) is 1. The lowest BCUT2D eigenvalue weighted by Crippen LogP contribution is -2.22. The molecule has 0 unspecified atom stereocenters. The standard InChI is InChI=1S/C17H17NO3/c1-13(21-17(20)14-8-4-2-5-9-14)12-16(19)18-15-10-6-3-7-11-15/h2-11,13H,12H2,1H3,(H,18,19)/t13-/m0/s1. The van der Waals surface area contributed by atoms with Gasteiger partial charge in [0.2, 0.25) is 5.91 Å². The molecule has 2 aromatic rings. The number of carbonyl (C=O) groups excluding carboxylic acids is 2. The average molecular weight is 283 g/mol. The molecule has 0 saturated carbocycles. The molecule has 0 aliphatic carbocycles. The zero-order valence-electron chi connectivity index (χ0n) is 11.8. The minimum atomic E-state index is -0.485. The first-order valence-corrected chi connectivity index (χ1v) is 6.76. The summed E-state index contributed by atoms with van der Waals surface area (Å²) in [6.07, 6.45) is -0.366. The second-order valence-corrected chi connectivity index (χ2v) is 4.70. The average Bonchev–Trinajstić information content (AvgIpc) is 2.48. The van der Waals surface area contributed by atoms with Gasteiger partial charge >= 0.3 is 5.97 Å². The monoisotopic (exact) mass is 283 g/mol. The lowest BCUT2D eigenvalue weighted by molar-refractivity contribution is -0.117. The van der Waals surface area contributed by atoms with Crippen LogP contribution in [-0.4, -0.2) is 18.0 Å². The number of hydrogen-bond donors (Lipinski definition) is 1. The van der Waals surface area contributed by atoms with Crippen molar-refractivity contribution in [2.24, 2.45) is 0 Å². The van der Waals surface area contributed by atoms with E-state index in [4.69, 9.17) is 4.74 Å². The van der Waals surface area contributed by atoms with Crippen LogP contribution in [0.1, 0.15) is 23.7 Å². The van der Waals surface area contributed by atoms with Crippen molar-refractivity contribution >= 4 is 17.6 Å². The van der Waals surface area contributed by atoms with Crippen molar-refractivity contribution in [1.29, 1.82) is 0 Å². The number of para-hydroxylation sites is 1. The third kappa shape index (κ3) is 4.76. The van der Waals surface area contributed by atoms with Gasteiger partial charge in [-0.1, -0.05) is 36.4 Å². The second kappa shape index (κ2) is 7.24. The molecule has 1 N–H and O–H groups in total. The Hall–Kier alpha value is -2.62. The summed E-state index contributed by atoms with van der Waals surface area (Å²) < 4.78 is 5.24. The van der Waals surface area contributed by atoms with Gasteiger partial charge in [0, 0.05) is 5.69 Å². The van der Waals surface area contributed by atoms with Crippen LogP contribution >= 0.6 is 0 Å². The van der Waals surface area contributed by atoms with Crippen LogP contribution in [0.25, 0.3) is 0 Å². The van der Waals surface area contributed by atoms with Gasteiger partial charge in [-0.15, -0.1) is 0 Å². The molecule has 1 amide bonds. The Morgan fingerprint density at radius 1 is 1.00 bits per heavy atom. The number of benzene rings is 2. The maximum Gasteiger partial charge on any atom is 0.338 e. The van der Waals surface area contributed by atoms with E-state index < -0.39 is 12.1 Å². The Morgan fingerprint density at radius 3 is 2.19 bits per heavy atom. The Kier molecular flexibility index (Phi) is 5.10. The number of ether oxygens (including phenoxy) is 1. The fraction of sp³-hybridized carbons (Fsp3) is 0.176. The Morgan fingerprint density at radius 2 is 1.57 bits per heavy atom. The lowest BCUT2D eigenvalue weighted by Gasteiger charge is -2.13. The van der Waals surface area contributed by atoms with Crippen LogP contribution in [0.3, 0.4) is 0 Å². The van der Waals surface area contributed by atoms with E-state index in [0.717, 1.165) is 5.69 Å². The molecule has 108 valence electrons. The first-order chi connectivity index (χ1) is 10.1. The Bertz CT molecular complexity index is 596. The minimum Gasteiger partial charge on any atom is -0.459 e. The van der Waals surface area contributed by atoms with Crippen molar-refractivity contribution in [2.45, 2.75) is 19.4 Å². The molecule has 0 bridgehead atoms. The fourth-order valence-electron chi connectivity index (χ4n) is 1.86. The van der Waals surface area contributed by atoms with Crippen molar-refractivity contribution in [3.63, 3.8) is 0 Å². The van der Waals surface area contributed by atoms with E-state index in [1.807, 2.05) is 24.3 Å². The quantitative estimate of drug-likeness (QED) is 0.857. The lowest BCUT2D eigenvalue weighted by atomic mass is 10.2. The van der Waals surface area contributed by atoms with Crippen LogP contribution in [0.4, 0.5) is 5.69 Å². The molecule has 0 spiro atoms. The normalized spacial score (nSPS) is 11.5. The molecular weight excluding hydrogens is 266 g/mol. The summed E-state index contributed by atoms with van der Waals surface area (Å²) in [6.45, 7) is 1.70. The summed E-state index contributed by atoms with van der Waals surface area (Å²) in [5.41, 5.74) is 1.21. The molecule has 0 fully saturated rings. The summed E-state index contributed by atoms with van der Waals surface area (Å²) in [7, 11) is 0. The first-order valence-electron chi connectivity index (χ1n) is 6.76. The van der Waals surface area contributed by atoms with Crippen molar-refractivity contribution in [3.05, 3.63) is 66.2 Å². The van der Waals surface area contributed by atoms with Gasteiger partial charge in [-0.25, -0.2) is 4.79 Å². The van der Waals surface area contributed by atoms with Gasteiger partial charge in [0.05, 0.1) is 12.0 Å². The molecule has 21 heavy (non-hydrogen) atoms. The molecule has 2 rings (SSSR count). The van der Waals surface area contributed by atoms with Gasteiger partial charge in [-0.2, -0.15) is 0 Å². The molecule has 4 nitrogen and oxygen atoms in total. The van der Waals surface area contributed by atoms with Gasteiger partial charge < -0.3 is 10.1 Å². The van der Waals surface area contributed by atoms with Gasteiger partial charge in [-0.3, -0.25) is 4.79 Å². The highest BCUT2D eigenvalue weighted by atomic mass is 16.5. The summed E-state index contributed by atoms with van der Waals surface area (Å²) in [6, 6.07) is 17.9. The fourth-order valence-corrected chi connectivity index (χ4v) is 1.86. The predicted octanol–water partition coefficient (Wildman–Crippen LogP) is 3.26. The van der Waals surface area contributed by atoms with Gasteiger partial charge in [-0.05, 0) is 31.2 Å². The molecule has 2 aromatic carbocycles. The van der Waals surface area contributed by atoms with E-state index in [1.54, 1.807) is 43.3 Å². The molecule has 4 heteroatoms. The van der Waals surface area contributed by atoms with E-state index in [1.165, 1.54) is 0 Å². The highest BCUT2D eigenvalue weighted by molar-refractivity contribution is 5.92. The number of amides is 1. The first kappa shape index (κ1) is 14.8. The largest absolute Gasteiger partial charge is 0.459 e. The number of anilines is 1. The highest BCUT2D eigenvalue weighted by Gasteiger charge is 2.15. The van der Waals surface area contributed by atoms with Crippen molar-refractivity contribution in [3.8, 4) is 0 Å². The SMILES string of the molecule is C[C@@H](CC(=O)Nc1ccccc1)OC(=O)c1ccccc1. The molecular formula is C17H17NO3. The molecule has 0 radical (unpaired) electrons. The van der Waals surface area contributed by atoms with Crippen LogP contribution in [-0.2, 0) is 9.53 Å². The summed E-state index contributed by atoms with van der Waals surface area (Å²) in [5.74, 6) is -0.606. The summed E-state index contributed by atoms with van der Waals surface area (Å²) in [4.78, 5) is 23.7. The molecule has 0 saturated heterocycles. The summed E-state index contributed by atoms with van der Waals surface area (Å²) in [5, 5.41) is 2.76. The van der Waals surface area contributed by atoms with Gasteiger partial charge in [0.25, 0.3) is 0 Å². The van der Waals surface area contributed by atoms with E-state index in [0.29, 0.717) is 5.56 Å². The highest BCUT2D eigenvalue weighted by Crippen LogP contribution is 2.09. The number of carbonyl (C=O) groups is 2. The number of rotatable bonds is 5. The van der Waals surface area contributed by atoms with E-state index >= 15 is 0 Å². The summed E-state index contributed by atoms with van der Waals surface area (Å²) >= 11 is 0. The van der Waals surface area contributed by atoms with E-state index in [9.17, 15) is 9.59 Å².